The van der Waals surface area contributed by atoms with Gasteiger partial charge in [0.1, 0.15) is 17.5 Å². The first-order chi connectivity index (χ1) is 10.2. The second kappa shape index (κ2) is 7.13. The van der Waals surface area contributed by atoms with Crippen LogP contribution in [-0.2, 0) is 4.79 Å². The van der Waals surface area contributed by atoms with Crippen LogP contribution >= 0.6 is 0 Å². The van der Waals surface area contributed by atoms with Gasteiger partial charge in [-0.05, 0) is 29.8 Å². The highest BCUT2D eigenvalue weighted by atomic mass is 16.5. The summed E-state index contributed by atoms with van der Waals surface area (Å²) in [6.45, 7) is 0.181. The number of aliphatic carboxylic acids is 1. The van der Waals surface area contributed by atoms with Gasteiger partial charge < -0.3 is 9.84 Å². The van der Waals surface area contributed by atoms with Crippen LogP contribution in [0.1, 0.15) is 11.6 Å². The summed E-state index contributed by atoms with van der Waals surface area (Å²) in [6.07, 6.45) is 5.16. The van der Waals surface area contributed by atoms with Gasteiger partial charge in [0, 0.05) is 0 Å². The van der Waals surface area contributed by atoms with Gasteiger partial charge in [-0.15, -0.1) is 6.42 Å². The summed E-state index contributed by atoms with van der Waals surface area (Å²) >= 11 is 0. The molecular weight excluding hydrogens is 266 g/mol. The fraction of sp³-hybridized carbons (Fsp3) is 0.118. The van der Waals surface area contributed by atoms with Crippen molar-refractivity contribution in [1.29, 1.82) is 0 Å². The number of hydrogen-bond donors (Lipinski definition) is 2. The van der Waals surface area contributed by atoms with Crippen molar-refractivity contribution in [2.75, 3.05) is 6.54 Å². The topological polar surface area (TPSA) is 58.6 Å². The number of para-hydroxylation sites is 1. The molecule has 106 valence electrons. The van der Waals surface area contributed by atoms with Crippen molar-refractivity contribution in [2.24, 2.45) is 0 Å². The van der Waals surface area contributed by atoms with E-state index < -0.39 is 12.0 Å². The van der Waals surface area contributed by atoms with Crippen LogP contribution in [0.4, 0.5) is 0 Å². The lowest BCUT2D eigenvalue weighted by molar-refractivity contribution is -0.139. The molecule has 0 spiro atoms. The molecule has 0 aliphatic carbocycles. The fourth-order valence-corrected chi connectivity index (χ4v) is 1.89. The van der Waals surface area contributed by atoms with Crippen LogP contribution < -0.4 is 10.1 Å². The molecule has 4 nitrogen and oxygen atoms in total. The molecular formula is C17H15NO3. The largest absolute Gasteiger partial charge is 0.480 e. The summed E-state index contributed by atoms with van der Waals surface area (Å²) in [5.74, 6) is 2.66. The number of hydrogen-bond acceptors (Lipinski definition) is 3. The monoisotopic (exact) mass is 281 g/mol. The molecule has 0 aromatic heterocycles. The van der Waals surface area contributed by atoms with E-state index in [9.17, 15) is 9.90 Å². The van der Waals surface area contributed by atoms with Crippen LogP contribution in [0, 0.1) is 12.3 Å². The average molecular weight is 281 g/mol. The lowest BCUT2D eigenvalue weighted by atomic mass is 10.1. The van der Waals surface area contributed by atoms with Gasteiger partial charge in [-0.1, -0.05) is 36.3 Å². The minimum absolute atomic E-state index is 0.181. The molecule has 2 aromatic rings. The van der Waals surface area contributed by atoms with E-state index in [2.05, 4.69) is 11.2 Å². The van der Waals surface area contributed by atoms with Crippen LogP contribution in [0.2, 0.25) is 0 Å². The number of rotatable bonds is 6. The SMILES string of the molecule is C#CCNC(C(=O)O)c1cccc(Oc2ccccc2)c1. The number of benzene rings is 2. The molecule has 0 aliphatic rings. The number of carbonyl (C=O) groups is 1. The van der Waals surface area contributed by atoms with E-state index in [-0.39, 0.29) is 6.54 Å². The summed E-state index contributed by atoms with van der Waals surface area (Å²) in [6, 6.07) is 15.4. The Kier molecular flexibility index (Phi) is 4.97. The van der Waals surface area contributed by atoms with Gasteiger partial charge in [0.05, 0.1) is 6.54 Å². The summed E-state index contributed by atoms with van der Waals surface area (Å²) in [5.41, 5.74) is 0.589. The van der Waals surface area contributed by atoms with Crippen molar-refractivity contribution in [3.63, 3.8) is 0 Å². The molecule has 0 aliphatic heterocycles. The van der Waals surface area contributed by atoms with Crippen LogP contribution in [0.3, 0.4) is 0 Å². The van der Waals surface area contributed by atoms with Gasteiger partial charge in [-0.2, -0.15) is 0 Å². The van der Waals surface area contributed by atoms with Crippen LogP contribution in [-0.4, -0.2) is 17.6 Å². The van der Waals surface area contributed by atoms with E-state index >= 15 is 0 Å². The molecule has 21 heavy (non-hydrogen) atoms. The molecule has 1 unspecified atom stereocenters. The van der Waals surface area contributed by atoms with E-state index in [0.717, 1.165) is 0 Å². The molecule has 0 bridgehead atoms. The lowest BCUT2D eigenvalue weighted by Crippen LogP contribution is -2.28. The molecule has 2 rings (SSSR count). The number of nitrogens with one attached hydrogen (secondary N) is 1. The van der Waals surface area contributed by atoms with Crippen LogP contribution in [0.15, 0.2) is 54.6 Å². The van der Waals surface area contributed by atoms with Gasteiger partial charge in [-0.25, -0.2) is 0 Å². The Morgan fingerprint density at radius 1 is 1.19 bits per heavy atom. The maximum absolute atomic E-state index is 11.3. The van der Waals surface area contributed by atoms with Crippen molar-refractivity contribution in [3.8, 4) is 23.8 Å². The van der Waals surface area contributed by atoms with Gasteiger partial charge in [0.15, 0.2) is 0 Å². The zero-order valence-corrected chi connectivity index (χ0v) is 11.3. The van der Waals surface area contributed by atoms with E-state index in [0.29, 0.717) is 17.1 Å². The Hall–Kier alpha value is -2.77. The third-order valence-corrected chi connectivity index (χ3v) is 2.83. The minimum atomic E-state index is -0.984. The predicted molar refractivity (Wildman–Crippen MR) is 80.2 cm³/mol. The van der Waals surface area contributed by atoms with Crippen molar-refractivity contribution in [1.82, 2.24) is 5.32 Å². The molecule has 2 aromatic carbocycles. The summed E-state index contributed by atoms with van der Waals surface area (Å²) in [5, 5.41) is 12.0. The molecule has 0 amide bonds. The van der Waals surface area contributed by atoms with E-state index in [1.807, 2.05) is 30.3 Å². The van der Waals surface area contributed by atoms with Gasteiger partial charge in [-0.3, -0.25) is 10.1 Å². The summed E-state index contributed by atoms with van der Waals surface area (Å²) < 4.78 is 5.69. The second-order valence-corrected chi connectivity index (χ2v) is 4.34. The van der Waals surface area contributed by atoms with Gasteiger partial charge in [0.2, 0.25) is 0 Å². The highest BCUT2D eigenvalue weighted by Crippen LogP contribution is 2.24. The van der Waals surface area contributed by atoms with Gasteiger partial charge in [0.25, 0.3) is 0 Å². The molecule has 2 N–H and O–H groups in total. The maximum atomic E-state index is 11.3. The summed E-state index contributed by atoms with van der Waals surface area (Å²) in [7, 11) is 0. The van der Waals surface area contributed by atoms with Crippen molar-refractivity contribution < 1.29 is 14.6 Å². The number of ether oxygens (including phenoxy) is 1. The van der Waals surface area contributed by atoms with Gasteiger partial charge >= 0.3 is 5.97 Å². The average Bonchev–Trinajstić information content (AvgIpc) is 2.49. The first-order valence-corrected chi connectivity index (χ1v) is 6.43. The smallest absolute Gasteiger partial charge is 0.325 e. The molecule has 0 radical (unpaired) electrons. The van der Waals surface area contributed by atoms with E-state index in [1.165, 1.54) is 0 Å². The zero-order chi connectivity index (χ0) is 15.1. The van der Waals surface area contributed by atoms with Crippen molar-refractivity contribution >= 4 is 5.97 Å². The second-order valence-electron chi connectivity index (χ2n) is 4.34. The number of carboxylic acid groups (broad SMARTS) is 1. The zero-order valence-electron chi connectivity index (χ0n) is 11.3. The van der Waals surface area contributed by atoms with Crippen LogP contribution in [0.25, 0.3) is 0 Å². The first-order valence-electron chi connectivity index (χ1n) is 6.43. The third kappa shape index (κ3) is 4.10. The Morgan fingerprint density at radius 2 is 1.90 bits per heavy atom. The Balaban J connectivity index is 2.20. The van der Waals surface area contributed by atoms with E-state index in [4.69, 9.17) is 11.2 Å². The predicted octanol–water partition coefficient (Wildman–Crippen LogP) is 2.83. The van der Waals surface area contributed by atoms with E-state index in [1.54, 1.807) is 24.3 Å². The summed E-state index contributed by atoms with van der Waals surface area (Å²) in [4.78, 5) is 11.3. The standard InChI is InChI=1S/C17H15NO3/c1-2-11-18-16(17(19)20)13-7-6-10-15(12-13)21-14-8-4-3-5-9-14/h1,3-10,12,16,18H,11H2,(H,19,20). The van der Waals surface area contributed by atoms with Crippen LogP contribution in [0.5, 0.6) is 11.5 Å². The maximum Gasteiger partial charge on any atom is 0.325 e. The molecule has 0 fully saturated rings. The Morgan fingerprint density at radius 3 is 2.57 bits per heavy atom. The number of carboxylic acids is 1. The van der Waals surface area contributed by atoms with Crippen molar-refractivity contribution in [3.05, 3.63) is 60.2 Å². The highest BCUT2D eigenvalue weighted by Gasteiger charge is 2.19. The molecule has 0 saturated heterocycles. The quantitative estimate of drug-likeness (QED) is 0.799. The Labute approximate surface area is 123 Å². The molecule has 4 heteroatoms. The minimum Gasteiger partial charge on any atom is -0.480 e. The molecule has 0 saturated carbocycles. The molecule has 1 atom stereocenters. The first kappa shape index (κ1) is 14.6. The normalized spacial score (nSPS) is 11.4. The van der Waals surface area contributed by atoms with Crippen molar-refractivity contribution in [2.45, 2.75) is 6.04 Å². The highest BCUT2D eigenvalue weighted by molar-refractivity contribution is 5.75. The number of terminal acetylenes is 1. The molecule has 0 heterocycles. The lowest BCUT2D eigenvalue weighted by Gasteiger charge is -2.14. The fourth-order valence-electron chi connectivity index (χ4n) is 1.89. The third-order valence-electron chi connectivity index (χ3n) is 2.83. The Bertz CT molecular complexity index is 647.